The van der Waals surface area contributed by atoms with Gasteiger partial charge in [-0.15, -0.1) is 0 Å². The SMILES string of the molecule is O=C(/C=C/c1cccnc1)C1CC2CCCCC2NC1=O. The molecule has 1 N–H and O–H groups in total. The predicted molar refractivity (Wildman–Crippen MR) is 80.3 cm³/mol. The molecule has 3 atom stereocenters. The van der Waals surface area contributed by atoms with E-state index in [4.69, 9.17) is 0 Å². The molecule has 1 saturated heterocycles. The summed E-state index contributed by atoms with van der Waals surface area (Å²) >= 11 is 0. The van der Waals surface area contributed by atoms with Crippen molar-refractivity contribution >= 4 is 17.8 Å². The van der Waals surface area contributed by atoms with Gasteiger partial charge in [0.25, 0.3) is 0 Å². The minimum absolute atomic E-state index is 0.0969. The van der Waals surface area contributed by atoms with Crippen LogP contribution < -0.4 is 5.32 Å². The number of nitrogens with one attached hydrogen (secondary N) is 1. The zero-order chi connectivity index (χ0) is 14.7. The topological polar surface area (TPSA) is 59.1 Å². The summed E-state index contributed by atoms with van der Waals surface area (Å²) in [6, 6.07) is 4.00. The van der Waals surface area contributed by atoms with Crippen LogP contribution in [0.3, 0.4) is 0 Å². The lowest BCUT2D eigenvalue weighted by molar-refractivity contribution is -0.136. The van der Waals surface area contributed by atoms with Crippen molar-refractivity contribution in [2.45, 2.75) is 38.1 Å². The third-order valence-electron chi connectivity index (χ3n) is 4.56. The molecule has 2 fully saturated rings. The van der Waals surface area contributed by atoms with Crippen molar-refractivity contribution in [3.05, 3.63) is 36.2 Å². The summed E-state index contributed by atoms with van der Waals surface area (Å²) in [5.41, 5.74) is 0.873. The Morgan fingerprint density at radius 2 is 2.19 bits per heavy atom. The number of hydrogen-bond donors (Lipinski definition) is 1. The van der Waals surface area contributed by atoms with Gasteiger partial charge in [0, 0.05) is 18.4 Å². The van der Waals surface area contributed by atoms with Crippen molar-refractivity contribution in [1.29, 1.82) is 0 Å². The largest absolute Gasteiger partial charge is 0.352 e. The molecule has 0 aromatic carbocycles. The predicted octanol–water partition coefficient (Wildman–Crippen LogP) is 2.36. The summed E-state index contributed by atoms with van der Waals surface area (Å²) in [5, 5.41) is 3.04. The van der Waals surface area contributed by atoms with E-state index in [-0.39, 0.29) is 17.7 Å². The van der Waals surface area contributed by atoms with Crippen LogP contribution in [0.5, 0.6) is 0 Å². The van der Waals surface area contributed by atoms with Gasteiger partial charge in [-0.1, -0.05) is 18.9 Å². The first kappa shape index (κ1) is 14.0. The monoisotopic (exact) mass is 284 g/mol. The third-order valence-corrected chi connectivity index (χ3v) is 4.56. The first-order valence-electron chi connectivity index (χ1n) is 7.66. The van der Waals surface area contributed by atoms with Gasteiger partial charge in [0.05, 0.1) is 0 Å². The molecule has 1 aromatic rings. The molecule has 1 aliphatic heterocycles. The fraction of sp³-hybridized carbons (Fsp3) is 0.471. The summed E-state index contributed by atoms with van der Waals surface area (Å²) in [4.78, 5) is 28.4. The lowest BCUT2D eigenvalue weighted by atomic mass is 9.75. The summed E-state index contributed by atoms with van der Waals surface area (Å²) in [6.45, 7) is 0. The number of carbonyl (C=O) groups excluding carboxylic acids is 2. The molecule has 3 rings (SSSR count). The molecule has 110 valence electrons. The molecule has 2 aliphatic rings. The van der Waals surface area contributed by atoms with E-state index >= 15 is 0 Å². The molecule has 1 aromatic heterocycles. The van der Waals surface area contributed by atoms with Crippen LogP contribution in [0.15, 0.2) is 30.6 Å². The van der Waals surface area contributed by atoms with E-state index < -0.39 is 5.92 Å². The van der Waals surface area contributed by atoms with E-state index in [0.717, 1.165) is 18.4 Å². The maximum atomic E-state index is 12.3. The second kappa shape index (κ2) is 6.20. The van der Waals surface area contributed by atoms with Gasteiger partial charge in [-0.05, 0) is 49.0 Å². The van der Waals surface area contributed by atoms with E-state index in [0.29, 0.717) is 12.3 Å². The number of nitrogens with zero attached hydrogens (tertiary/aromatic N) is 1. The van der Waals surface area contributed by atoms with Crippen LogP contribution in [0.2, 0.25) is 0 Å². The summed E-state index contributed by atoms with van der Waals surface area (Å²) in [6.07, 6.45) is 11.9. The minimum atomic E-state index is -0.516. The van der Waals surface area contributed by atoms with Crippen LogP contribution in [0.1, 0.15) is 37.7 Å². The molecule has 1 amide bonds. The first-order chi connectivity index (χ1) is 10.2. The number of amides is 1. The Labute approximate surface area is 124 Å². The van der Waals surface area contributed by atoms with E-state index in [1.54, 1.807) is 18.5 Å². The second-order valence-corrected chi connectivity index (χ2v) is 5.97. The average Bonchev–Trinajstić information content (AvgIpc) is 2.53. The lowest BCUT2D eigenvalue weighted by Crippen LogP contribution is -2.52. The normalized spacial score (nSPS) is 29.0. The number of rotatable bonds is 3. The quantitative estimate of drug-likeness (QED) is 0.684. The van der Waals surface area contributed by atoms with Gasteiger partial charge in [-0.3, -0.25) is 14.6 Å². The van der Waals surface area contributed by atoms with Gasteiger partial charge in [-0.2, -0.15) is 0 Å². The Balaban J connectivity index is 1.66. The number of pyridine rings is 1. The maximum absolute atomic E-state index is 12.3. The molecule has 1 aliphatic carbocycles. The molecule has 0 bridgehead atoms. The highest BCUT2D eigenvalue weighted by Gasteiger charge is 2.39. The van der Waals surface area contributed by atoms with E-state index in [9.17, 15) is 9.59 Å². The molecule has 4 nitrogen and oxygen atoms in total. The first-order valence-corrected chi connectivity index (χ1v) is 7.66. The Hall–Kier alpha value is -1.97. The highest BCUT2D eigenvalue weighted by Crippen LogP contribution is 2.33. The van der Waals surface area contributed by atoms with Gasteiger partial charge < -0.3 is 5.32 Å². The van der Waals surface area contributed by atoms with Crippen molar-refractivity contribution in [2.75, 3.05) is 0 Å². The van der Waals surface area contributed by atoms with Gasteiger partial charge in [0.2, 0.25) is 5.91 Å². The van der Waals surface area contributed by atoms with Crippen molar-refractivity contribution in [3.8, 4) is 0 Å². The van der Waals surface area contributed by atoms with Crippen molar-refractivity contribution in [3.63, 3.8) is 0 Å². The zero-order valence-corrected chi connectivity index (χ0v) is 12.0. The van der Waals surface area contributed by atoms with Crippen LogP contribution in [-0.4, -0.2) is 22.7 Å². The van der Waals surface area contributed by atoms with Gasteiger partial charge >= 0.3 is 0 Å². The van der Waals surface area contributed by atoms with Crippen LogP contribution in [0.25, 0.3) is 6.08 Å². The summed E-state index contributed by atoms with van der Waals surface area (Å²) in [5.74, 6) is -0.242. The fourth-order valence-electron chi connectivity index (χ4n) is 3.39. The second-order valence-electron chi connectivity index (χ2n) is 5.97. The summed E-state index contributed by atoms with van der Waals surface area (Å²) < 4.78 is 0. The summed E-state index contributed by atoms with van der Waals surface area (Å²) in [7, 11) is 0. The molecule has 4 heteroatoms. The van der Waals surface area contributed by atoms with E-state index in [1.807, 2.05) is 12.1 Å². The number of fused-ring (bicyclic) bond motifs is 1. The Morgan fingerprint density at radius 3 is 3.00 bits per heavy atom. The maximum Gasteiger partial charge on any atom is 0.231 e. The van der Waals surface area contributed by atoms with Crippen molar-refractivity contribution in [2.24, 2.45) is 11.8 Å². The number of aromatic nitrogens is 1. The van der Waals surface area contributed by atoms with E-state index in [2.05, 4.69) is 10.3 Å². The minimum Gasteiger partial charge on any atom is -0.352 e. The van der Waals surface area contributed by atoms with Gasteiger partial charge in [-0.25, -0.2) is 0 Å². The zero-order valence-electron chi connectivity index (χ0n) is 12.0. The molecular formula is C17H20N2O2. The Kier molecular flexibility index (Phi) is 4.13. The van der Waals surface area contributed by atoms with Gasteiger partial charge in [0.1, 0.15) is 5.92 Å². The Bertz CT molecular complexity index is 553. The highest BCUT2D eigenvalue weighted by molar-refractivity contribution is 6.08. The fourth-order valence-corrected chi connectivity index (χ4v) is 3.39. The van der Waals surface area contributed by atoms with Crippen LogP contribution in [0.4, 0.5) is 0 Å². The van der Waals surface area contributed by atoms with E-state index in [1.165, 1.54) is 18.9 Å². The standard InChI is InChI=1S/C17H20N2O2/c20-16(8-7-12-4-3-9-18-11-12)14-10-13-5-1-2-6-15(13)19-17(14)21/h3-4,7-9,11,13-15H,1-2,5-6,10H2,(H,19,21)/b8-7+. The molecule has 1 saturated carbocycles. The Morgan fingerprint density at radius 1 is 1.33 bits per heavy atom. The van der Waals surface area contributed by atoms with Crippen molar-refractivity contribution in [1.82, 2.24) is 10.3 Å². The molecule has 2 heterocycles. The van der Waals surface area contributed by atoms with Crippen molar-refractivity contribution < 1.29 is 9.59 Å². The highest BCUT2D eigenvalue weighted by atomic mass is 16.2. The molecular weight excluding hydrogens is 264 g/mol. The third kappa shape index (κ3) is 3.20. The molecule has 21 heavy (non-hydrogen) atoms. The molecule has 3 unspecified atom stereocenters. The van der Waals surface area contributed by atoms with Crippen LogP contribution >= 0.6 is 0 Å². The van der Waals surface area contributed by atoms with Gasteiger partial charge in [0.15, 0.2) is 5.78 Å². The average molecular weight is 284 g/mol. The number of hydrogen-bond acceptors (Lipinski definition) is 3. The smallest absolute Gasteiger partial charge is 0.231 e. The number of carbonyl (C=O) groups is 2. The van der Waals surface area contributed by atoms with Crippen LogP contribution in [-0.2, 0) is 9.59 Å². The molecule has 0 spiro atoms. The van der Waals surface area contributed by atoms with Crippen LogP contribution in [0, 0.1) is 11.8 Å². The molecule has 0 radical (unpaired) electrons. The lowest BCUT2D eigenvalue weighted by Gasteiger charge is -2.38. The number of piperidine rings is 1. The number of ketones is 1. The number of allylic oxidation sites excluding steroid dienone is 1.